The number of aromatic hydroxyl groups is 1. The van der Waals surface area contributed by atoms with Crippen molar-refractivity contribution in [3.05, 3.63) is 29.3 Å². The predicted octanol–water partition coefficient (Wildman–Crippen LogP) is 0.311. The molecule has 0 spiro atoms. The maximum atomic E-state index is 11.3. The molecule has 0 heterocycles. The van der Waals surface area contributed by atoms with Crippen molar-refractivity contribution in [1.29, 1.82) is 0 Å². The molecule has 0 aliphatic carbocycles. The molecule has 0 fully saturated rings. The van der Waals surface area contributed by atoms with E-state index in [4.69, 9.17) is 4.74 Å². The smallest absolute Gasteiger partial charge is 0.341 e. The van der Waals surface area contributed by atoms with Crippen LogP contribution in [0.2, 0.25) is 0 Å². The van der Waals surface area contributed by atoms with Gasteiger partial charge in [-0.15, -0.1) is 0 Å². The minimum Gasteiger partial charge on any atom is -0.507 e. The summed E-state index contributed by atoms with van der Waals surface area (Å²) in [5.41, 5.74) is 4.76. The highest BCUT2D eigenvalue weighted by Gasteiger charge is 2.12. The molecule has 0 aliphatic rings. The molecule has 0 radical (unpaired) electrons. The van der Waals surface area contributed by atoms with Crippen LogP contribution in [0.1, 0.15) is 22.8 Å². The monoisotopic (exact) mass is 196 g/mol. The molecule has 0 saturated heterocycles. The number of carbonyl (C=O) groups excluding carboxylic acids is 1. The summed E-state index contributed by atoms with van der Waals surface area (Å²) in [5.74, 6) is -0.551. The van der Waals surface area contributed by atoms with E-state index in [1.165, 1.54) is 6.07 Å². The van der Waals surface area contributed by atoms with Gasteiger partial charge in [-0.25, -0.2) is 4.79 Å². The third-order valence-electron chi connectivity index (χ3n) is 1.85. The number of phenolic OH excluding ortho intramolecular Hbond substituents is 1. The van der Waals surface area contributed by atoms with E-state index in [1.54, 1.807) is 19.1 Å². The van der Waals surface area contributed by atoms with Gasteiger partial charge in [0.2, 0.25) is 0 Å². The van der Waals surface area contributed by atoms with E-state index in [-0.39, 0.29) is 11.3 Å². The Labute approximate surface area is 82.3 Å². The second-order valence-electron chi connectivity index (χ2n) is 2.82. The lowest BCUT2D eigenvalue weighted by molar-refractivity contribution is -0.386. The molecule has 76 valence electrons. The first-order valence-corrected chi connectivity index (χ1v) is 4.47. The van der Waals surface area contributed by atoms with Crippen LogP contribution in [0.4, 0.5) is 0 Å². The Morgan fingerprint density at radius 1 is 1.57 bits per heavy atom. The van der Waals surface area contributed by atoms with E-state index >= 15 is 0 Å². The van der Waals surface area contributed by atoms with Crippen LogP contribution < -0.4 is 5.73 Å². The summed E-state index contributed by atoms with van der Waals surface area (Å²) in [7, 11) is 0. The zero-order valence-electron chi connectivity index (χ0n) is 8.12. The van der Waals surface area contributed by atoms with Gasteiger partial charge in [0.05, 0.1) is 13.2 Å². The maximum absolute atomic E-state index is 11.3. The van der Waals surface area contributed by atoms with Crippen molar-refractivity contribution in [1.82, 2.24) is 0 Å². The van der Waals surface area contributed by atoms with E-state index in [1.807, 2.05) is 0 Å². The third kappa shape index (κ3) is 2.23. The quantitative estimate of drug-likeness (QED) is 0.683. The molecule has 4 nitrogen and oxygen atoms in total. The van der Waals surface area contributed by atoms with Crippen LogP contribution in [-0.4, -0.2) is 17.7 Å². The summed E-state index contributed by atoms with van der Waals surface area (Å²) in [5, 5.41) is 9.49. The van der Waals surface area contributed by atoms with Crippen molar-refractivity contribution < 1.29 is 20.4 Å². The molecule has 0 atom stereocenters. The van der Waals surface area contributed by atoms with E-state index in [2.05, 4.69) is 5.73 Å². The van der Waals surface area contributed by atoms with E-state index in [0.29, 0.717) is 13.2 Å². The standard InChI is InChI=1S/C10H13NO3/c1-2-14-10(13)8-4-3-7(6-11)5-9(8)12/h3-5,12H,2,6,11H2,1H3/p+1. The molecule has 1 aromatic rings. The van der Waals surface area contributed by atoms with Crippen molar-refractivity contribution in [2.75, 3.05) is 6.61 Å². The molecule has 0 unspecified atom stereocenters. The number of carbonyl (C=O) groups is 1. The van der Waals surface area contributed by atoms with Crippen LogP contribution in [0.15, 0.2) is 18.2 Å². The van der Waals surface area contributed by atoms with Crippen LogP contribution in [0.3, 0.4) is 0 Å². The van der Waals surface area contributed by atoms with Gasteiger partial charge in [0.1, 0.15) is 11.3 Å². The molecule has 0 bridgehead atoms. The number of rotatable bonds is 3. The fourth-order valence-electron chi connectivity index (χ4n) is 1.11. The minimum absolute atomic E-state index is 0.0513. The molecule has 4 heteroatoms. The number of benzene rings is 1. The Morgan fingerprint density at radius 2 is 2.29 bits per heavy atom. The highest BCUT2D eigenvalue weighted by atomic mass is 16.5. The van der Waals surface area contributed by atoms with E-state index in [9.17, 15) is 9.90 Å². The topological polar surface area (TPSA) is 74.2 Å². The molecule has 0 saturated carbocycles. The molecule has 0 aromatic heterocycles. The zero-order chi connectivity index (χ0) is 10.6. The highest BCUT2D eigenvalue weighted by Crippen LogP contribution is 2.19. The fraction of sp³-hybridized carbons (Fsp3) is 0.300. The molecule has 14 heavy (non-hydrogen) atoms. The molecule has 0 aliphatic heterocycles. The number of ether oxygens (including phenoxy) is 1. The second kappa shape index (κ2) is 4.62. The Morgan fingerprint density at radius 3 is 2.79 bits per heavy atom. The van der Waals surface area contributed by atoms with Crippen LogP contribution in [0.25, 0.3) is 0 Å². The average Bonchev–Trinajstić information content (AvgIpc) is 2.17. The van der Waals surface area contributed by atoms with Gasteiger partial charge in [0.15, 0.2) is 0 Å². The molecular weight excluding hydrogens is 182 g/mol. The fourth-order valence-corrected chi connectivity index (χ4v) is 1.11. The van der Waals surface area contributed by atoms with Gasteiger partial charge in [-0.1, -0.05) is 6.07 Å². The largest absolute Gasteiger partial charge is 0.507 e. The van der Waals surface area contributed by atoms with Crippen LogP contribution >= 0.6 is 0 Å². The van der Waals surface area contributed by atoms with Gasteiger partial charge in [0.25, 0.3) is 0 Å². The third-order valence-corrected chi connectivity index (χ3v) is 1.85. The van der Waals surface area contributed by atoms with Crippen LogP contribution in [0, 0.1) is 0 Å². The summed E-state index contributed by atoms with van der Waals surface area (Å²) < 4.78 is 4.77. The number of esters is 1. The Bertz CT molecular complexity index is 336. The van der Waals surface area contributed by atoms with Gasteiger partial charge >= 0.3 is 5.97 Å². The summed E-state index contributed by atoms with van der Waals surface area (Å²) in [6.45, 7) is 2.60. The van der Waals surface area contributed by atoms with Gasteiger partial charge < -0.3 is 15.6 Å². The lowest BCUT2D eigenvalue weighted by Gasteiger charge is -2.04. The molecule has 0 amide bonds. The minimum atomic E-state index is -0.499. The predicted molar refractivity (Wildman–Crippen MR) is 50.7 cm³/mol. The number of phenols is 1. The molecule has 1 rings (SSSR count). The summed E-state index contributed by atoms with van der Waals surface area (Å²) in [6, 6.07) is 4.83. The maximum Gasteiger partial charge on any atom is 0.341 e. The first kappa shape index (κ1) is 10.5. The van der Waals surface area contributed by atoms with Gasteiger partial charge in [-0.05, 0) is 19.1 Å². The highest BCUT2D eigenvalue weighted by molar-refractivity contribution is 5.92. The van der Waals surface area contributed by atoms with Crippen molar-refractivity contribution in [2.24, 2.45) is 0 Å². The number of hydrogen-bond donors (Lipinski definition) is 2. The van der Waals surface area contributed by atoms with Crippen LogP contribution in [0.5, 0.6) is 5.75 Å². The van der Waals surface area contributed by atoms with Crippen molar-refractivity contribution in [3.8, 4) is 5.75 Å². The van der Waals surface area contributed by atoms with Crippen molar-refractivity contribution >= 4 is 5.97 Å². The lowest BCUT2D eigenvalue weighted by atomic mass is 10.1. The van der Waals surface area contributed by atoms with Gasteiger partial charge in [-0.3, -0.25) is 0 Å². The summed E-state index contributed by atoms with van der Waals surface area (Å²) in [4.78, 5) is 11.3. The normalized spacial score (nSPS) is 9.86. The Balaban J connectivity index is 2.94. The number of quaternary nitrogens is 1. The lowest BCUT2D eigenvalue weighted by Crippen LogP contribution is -2.47. The van der Waals surface area contributed by atoms with Crippen molar-refractivity contribution in [2.45, 2.75) is 13.5 Å². The average molecular weight is 196 g/mol. The molecule has 4 N–H and O–H groups in total. The first-order valence-electron chi connectivity index (χ1n) is 4.47. The van der Waals surface area contributed by atoms with Crippen molar-refractivity contribution in [3.63, 3.8) is 0 Å². The molecule has 1 aromatic carbocycles. The van der Waals surface area contributed by atoms with E-state index in [0.717, 1.165) is 5.56 Å². The zero-order valence-corrected chi connectivity index (χ0v) is 8.12. The van der Waals surface area contributed by atoms with Gasteiger partial charge in [-0.2, -0.15) is 0 Å². The molecular formula is C10H14NO3+. The summed E-state index contributed by atoms with van der Waals surface area (Å²) >= 11 is 0. The number of hydrogen-bond acceptors (Lipinski definition) is 3. The van der Waals surface area contributed by atoms with Crippen LogP contribution in [-0.2, 0) is 11.3 Å². The Kier molecular flexibility index (Phi) is 3.48. The van der Waals surface area contributed by atoms with Gasteiger partial charge in [0, 0.05) is 5.56 Å². The Hall–Kier alpha value is -1.55. The summed E-state index contributed by atoms with van der Waals surface area (Å²) in [6.07, 6.45) is 0. The second-order valence-corrected chi connectivity index (χ2v) is 2.82. The first-order chi connectivity index (χ1) is 6.69. The SMILES string of the molecule is CCOC(=O)c1ccc(C[NH3+])cc1O. The van der Waals surface area contributed by atoms with E-state index < -0.39 is 5.97 Å².